The summed E-state index contributed by atoms with van der Waals surface area (Å²) in [5.41, 5.74) is 4.94. The van der Waals surface area contributed by atoms with E-state index in [-0.39, 0.29) is 11.4 Å². The van der Waals surface area contributed by atoms with Gasteiger partial charge in [-0.05, 0) is 36.4 Å². The molecule has 9 heteroatoms. The van der Waals surface area contributed by atoms with Crippen LogP contribution in [0.25, 0.3) is 0 Å². The molecule has 0 unspecified atom stereocenters. The van der Waals surface area contributed by atoms with Crippen molar-refractivity contribution in [2.45, 2.75) is 4.90 Å². The average molecular weight is 366 g/mol. The number of hydrogen-bond donors (Lipinski definition) is 2. The standard InChI is InChI=1S/C15H12ClN3O4S/c16-11-3-1-10(2-4-11)15(21)18-17-14(20)9-24-13-7-5-12(6-8-13)19(22)23/h1-8H,9H2,(H,17,20)(H,18,21). The first-order chi connectivity index (χ1) is 11.5. The van der Waals surface area contributed by atoms with E-state index in [1.54, 1.807) is 24.3 Å². The topological polar surface area (TPSA) is 101 Å². The lowest BCUT2D eigenvalue weighted by atomic mass is 10.2. The first kappa shape index (κ1) is 17.8. The molecule has 0 aromatic heterocycles. The van der Waals surface area contributed by atoms with Gasteiger partial charge >= 0.3 is 0 Å². The van der Waals surface area contributed by atoms with Gasteiger partial charge in [-0.2, -0.15) is 0 Å². The average Bonchev–Trinajstić information content (AvgIpc) is 2.58. The summed E-state index contributed by atoms with van der Waals surface area (Å²) in [5, 5.41) is 11.1. The Morgan fingerprint density at radius 1 is 1.04 bits per heavy atom. The van der Waals surface area contributed by atoms with Crippen molar-refractivity contribution in [1.82, 2.24) is 10.9 Å². The third-order valence-electron chi connectivity index (χ3n) is 2.84. The smallest absolute Gasteiger partial charge is 0.269 e. The van der Waals surface area contributed by atoms with Gasteiger partial charge in [0.05, 0.1) is 10.7 Å². The summed E-state index contributed by atoms with van der Waals surface area (Å²) in [6.07, 6.45) is 0. The summed E-state index contributed by atoms with van der Waals surface area (Å²) in [6, 6.07) is 12.1. The number of nitro benzene ring substituents is 1. The largest absolute Gasteiger partial charge is 0.272 e. The van der Waals surface area contributed by atoms with E-state index in [9.17, 15) is 19.7 Å². The van der Waals surface area contributed by atoms with Crippen LogP contribution in [0.4, 0.5) is 5.69 Å². The van der Waals surface area contributed by atoms with Crippen molar-refractivity contribution in [3.8, 4) is 0 Å². The molecule has 2 aromatic rings. The first-order valence-corrected chi connectivity index (χ1v) is 8.04. The second kappa shape index (κ2) is 8.32. The second-order valence-corrected chi connectivity index (χ2v) is 6.03. The van der Waals surface area contributed by atoms with Gasteiger partial charge < -0.3 is 0 Å². The molecule has 0 spiro atoms. The Bertz CT molecular complexity index is 750. The number of hydrogen-bond acceptors (Lipinski definition) is 5. The Hall–Kier alpha value is -2.58. The van der Waals surface area contributed by atoms with Gasteiger partial charge in [-0.25, -0.2) is 0 Å². The van der Waals surface area contributed by atoms with Crippen molar-refractivity contribution >= 4 is 40.9 Å². The second-order valence-electron chi connectivity index (χ2n) is 4.55. The Morgan fingerprint density at radius 2 is 1.67 bits per heavy atom. The van der Waals surface area contributed by atoms with Gasteiger partial charge in [0.2, 0.25) is 5.91 Å². The van der Waals surface area contributed by atoms with E-state index in [4.69, 9.17) is 11.6 Å². The van der Waals surface area contributed by atoms with Crippen LogP contribution < -0.4 is 10.9 Å². The van der Waals surface area contributed by atoms with Crippen LogP contribution in [-0.4, -0.2) is 22.5 Å². The van der Waals surface area contributed by atoms with Crippen LogP contribution in [0.3, 0.4) is 0 Å². The van der Waals surface area contributed by atoms with Crippen molar-refractivity contribution in [2.24, 2.45) is 0 Å². The van der Waals surface area contributed by atoms with Crippen molar-refractivity contribution in [3.05, 3.63) is 69.2 Å². The number of nitro groups is 1. The fraction of sp³-hybridized carbons (Fsp3) is 0.0667. The minimum absolute atomic E-state index is 0.0148. The van der Waals surface area contributed by atoms with E-state index in [2.05, 4.69) is 10.9 Å². The number of nitrogens with one attached hydrogen (secondary N) is 2. The highest BCUT2D eigenvalue weighted by Gasteiger charge is 2.09. The van der Waals surface area contributed by atoms with Crippen LogP contribution >= 0.6 is 23.4 Å². The first-order valence-electron chi connectivity index (χ1n) is 6.68. The van der Waals surface area contributed by atoms with E-state index in [0.717, 1.165) is 0 Å². The normalized spacial score (nSPS) is 10.0. The number of non-ortho nitro benzene ring substituents is 1. The molecule has 2 N–H and O–H groups in total. The fourth-order valence-electron chi connectivity index (χ4n) is 1.65. The SMILES string of the molecule is O=C(CSc1ccc([N+](=O)[O-])cc1)NNC(=O)c1ccc(Cl)cc1. The Balaban J connectivity index is 1.77. The summed E-state index contributed by atoms with van der Waals surface area (Å²) in [4.78, 5) is 34.3. The molecule has 24 heavy (non-hydrogen) atoms. The molecule has 2 aromatic carbocycles. The zero-order chi connectivity index (χ0) is 17.5. The summed E-state index contributed by atoms with van der Waals surface area (Å²) in [7, 11) is 0. The van der Waals surface area contributed by atoms with Gasteiger partial charge in [0.25, 0.3) is 11.6 Å². The monoisotopic (exact) mass is 365 g/mol. The number of nitrogens with zero attached hydrogens (tertiary/aromatic N) is 1. The van der Waals surface area contributed by atoms with Gasteiger partial charge in [0.15, 0.2) is 0 Å². The highest BCUT2D eigenvalue weighted by molar-refractivity contribution is 8.00. The van der Waals surface area contributed by atoms with Gasteiger partial charge in [-0.3, -0.25) is 30.6 Å². The van der Waals surface area contributed by atoms with E-state index in [1.165, 1.54) is 36.0 Å². The third-order valence-corrected chi connectivity index (χ3v) is 4.10. The number of benzene rings is 2. The number of halogens is 1. The number of hydrazine groups is 1. The molecule has 0 saturated carbocycles. The van der Waals surface area contributed by atoms with Crippen molar-refractivity contribution in [2.75, 3.05) is 5.75 Å². The number of amides is 2. The maximum absolute atomic E-state index is 11.8. The van der Waals surface area contributed by atoms with Crippen molar-refractivity contribution in [1.29, 1.82) is 0 Å². The number of carbonyl (C=O) groups is 2. The summed E-state index contributed by atoms with van der Waals surface area (Å²) in [6.45, 7) is 0. The van der Waals surface area contributed by atoms with Crippen molar-refractivity contribution < 1.29 is 14.5 Å². The van der Waals surface area contributed by atoms with Crippen LogP contribution in [0.5, 0.6) is 0 Å². The highest BCUT2D eigenvalue weighted by Crippen LogP contribution is 2.20. The summed E-state index contributed by atoms with van der Waals surface area (Å²) < 4.78 is 0. The summed E-state index contributed by atoms with van der Waals surface area (Å²) in [5.74, 6) is -0.806. The molecule has 0 atom stereocenters. The predicted octanol–water partition coefficient (Wildman–Crippen LogP) is 2.80. The van der Waals surface area contributed by atoms with E-state index < -0.39 is 16.7 Å². The molecule has 2 rings (SSSR count). The molecule has 2 amide bonds. The zero-order valence-corrected chi connectivity index (χ0v) is 13.8. The van der Waals surface area contributed by atoms with Gasteiger partial charge in [0, 0.05) is 27.6 Å². The van der Waals surface area contributed by atoms with Crippen LogP contribution in [0.1, 0.15) is 10.4 Å². The summed E-state index contributed by atoms with van der Waals surface area (Å²) >= 11 is 6.92. The molecule has 0 saturated heterocycles. The fourth-order valence-corrected chi connectivity index (χ4v) is 2.47. The number of carbonyl (C=O) groups excluding carboxylic acids is 2. The quantitative estimate of drug-likeness (QED) is 0.482. The Kier molecular flexibility index (Phi) is 6.16. The Labute approximate surface area is 146 Å². The zero-order valence-electron chi connectivity index (χ0n) is 12.2. The molecular formula is C15H12ClN3O4S. The predicted molar refractivity (Wildman–Crippen MR) is 90.9 cm³/mol. The van der Waals surface area contributed by atoms with Gasteiger partial charge in [0.1, 0.15) is 0 Å². The maximum atomic E-state index is 11.8. The number of rotatable bonds is 5. The van der Waals surface area contributed by atoms with Crippen LogP contribution in [0.15, 0.2) is 53.4 Å². The van der Waals surface area contributed by atoms with Gasteiger partial charge in [-0.1, -0.05) is 11.6 Å². The third kappa shape index (κ3) is 5.25. The van der Waals surface area contributed by atoms with Crippen LogP contribution in [-0.2, 0) is 4.79 Å². The minimum Gasteiger partial charge on any atom is -0.272 e. The van der Waals surface area contributed by atoms with Crippen molar-refractivity contribution in [3.63, 3.8) is 0 Å². The van der Waals surface area contributed by atoms with Gasteiger partial charge in [-0.15, -0.1) is 11.8 Å². The molecule has 0 aliphatic heterocycles. The molecule has 0 aliphatic rings. The molecule has 0 bridgehead atoms. The number of thioether (sulfide) groups is 1. The highest BCUT2D eigenvalue weighted by atomic mass is 35.5. The van der Waals surface area contributed by atoms with Crippen LogP contribution in [0, 0.1) is 10.1 Å². The molecular weight excluding hydrogens is 354 g/mol. The lowest BCUT2D eigenvalue weighted by molar-refractivity contribution is -0.384. The van der Waals surface area contributed by atoms with E-state index in [0.29, 0.717) is 15.5 Å². The molecule has 0 fully saturated rings. The molecule has 7 nitrogen and oxygen atoms in total. The molecule has 0 heterocycles. The minimum atomic E-state index is -0.493. The molecule has 124 valence electrons. The molecule has 0 aliphatic carbocycles. The van der Waals surface area contributed by atoms with E-state index in [1.807, 2.05) is 0 Å². The lowest BCUT2D eigenvalue weighted by Gasteiger charge is -2.07. The van der Waals surface area contributed by atoms with E-state index >= 15 is 0 Å². The molecule has 0 radical (unpaired) electrons. The van der Waals surface area contributed by atoms with Crippen LogP contribution in [0.2, 0.25) is 5.02 Å². The Morgan fingerprint density at radius 3 is 2.25 bits per heavy atom. The maximum Gasteiger partial charge on any atom is 0.269 e. The lowest BCUT2D eigenvalue weighted by Crippen LogP contribution is -2.42.